The number of benzene rings is 2. The molecule has 2 rings (SSSR count). The van der Waals surface area contributed by atoms with Crippen molar-refractivity contribution in [3.63, 3.8) is 0 Å². The standard InChI is InChI=1S/C15H14BrCl2N/c1-9-6-10(2)15(12(16)7-9)19-8-11-4-3-5-13(17)14(11)18/h3-7,19H,8H2,1-2H3. The lowest BCUT2D eigenvalue weighted by molar-refractivity contribution is 1.13. The van der Waals surface area contributed by atoms with E-state index < -0.39 is 0 Å². The highest BCUT2D eigenvalue weighted by Gasteiger charge is 2.07. The van der Waals surface area contributed by atoms with E-state index in [0.717, 1.165) is 15.7 Å². The van der Waals surface area contributed by atoms with Crippen LogP contribution in [-0.4, -0.2) is 0 Å². The molecule has 0 aliphatic heterocycles. The van der Waals surface area contributed by atoms with Crippen LogP contribution in [0.3, 0.4) is 0 Å². The van der Waals surface area contributed by atoms with Crippen molar-refractivity contribution < 1.29 is 0 Å². The van der Waals surface area contributed by atoms with Gasteiger partial charge < -0.3 is 5.32 Å². The molecule has 0 saturated heterocycles. The molecule has 0 unspecified atom stereocenters. The molecule has 0 amide bonds. The third kappa shape index (κ3) is 3.44. The lowest BCUT2D eigenvalue weighted by Gasteiger charge is -2.14. The summed E-state index contributed by atoms with van der Waals surface area (Å²) in [5.41, 5.74) is 4.50. The molecule has 4 heteroatoms. The summed E-state index contributed by atoms with van der Waals surface area (Å²) in [5.74, 6) is 0. The Labute approximate surface area is 132 Å². The fraction of sp³-hybridized carbons (Fsp3) is 0.200. The van der Waals surface area contributed by atoms with Crippen molar-refractivity contribution in [1.82, 2.24) is 0 Å². The van der Waals surface area contributed by atoms with Gasteiger partial charge in [0.1, 0.15) is 0 Å². The van der Waals surface area contributed by atoms with E-state index in [2.05, 4.69) is 47.2 Å². The van der Waals surface area contributed by atoms with Gasteiger partial charge >= 0.3 is 0 Å². The predicted molar refractivity (Wildman–Crippen MR) is 87.4 cm³/mol. The SMILES string of the molecule is Cc1cc(C)c(NCc2cccc(Cl)c2Cl)c(Br)c1. The summed E-state index contributed by atoms with van der Waals surface area (Å²) in [4.78, 5) is 0. The van der Waals surface area contributed by atoms with Gasteiger partial charge in [-0.15, -0.1) is 0 Å². The van der Waals surface area contributed by atoms with Gasteiger partial charge in [0.2, 0.25) is 0 Å². The highest BCUT2D eigenvalue weighted by Crippen LogP contribution is 2.30. The van der Waals surface area contributed by atoms with Crippen molar-refractivity contribution in [1.29, 1.82) is 0 Å². The fourth-order valence-corrected chi connectivity index (χ4v) is 3.21. The Kier molecular flexibility index (Phi) is 4.77. The highest BCUT2D eigenvalue weighted by atomic mass is 79.9. The summed E-state index contributed by atoms with van der Waals surface area (Å²) < 4.78 is 1.06. The van der Waals surface area contributed by atoms with Crippen LogP contribution < -0.4 is 5.32 Å². The number of hydrogen-bond acceptors (Lipinski definition) is 1. The maximum absolute atomic E-state index is 6.18. The largest absolute Gasteiger partial charge is 0.380 e. The van der Waals surface area contributed by atoms with E-state index in [-0.39, 0.29) is 0 Å². The van der Waals surface area contributed by atoms with E-state index in [1.54, 1.807) is 6.07 Å². The average molecular weight is 359 g/mol. The third-order valence-electron chi connectivity index (χ3n) is 2.92. The number of halogens is 3. The van der Waals surface area contributed by atoms with Crippen LogP contribution in [-0.2, 0) is 6.54 Å². The number of rotatable bonds is 3. The summed E-state index contributed by atoms with van der Waals surface area (Å²) in [6.45, 7) is 4.80. The molecule has 0 spiro atoms. The van der Waals surface area contributed by atoms with Crippen LogP contribution >= 0.6 is 39.1 Å². The maximum Gasteiger partial charge on any atom is 0.0642 e. The fourth-order valence-electron chi connectivity index (χ4n) is 2.01. The molecular formula is C15H14BrCl2N. The molecule has 2 aromatic carbocycles. The maximum atomic E-state index is 6.18. The van der Waals surface area contributed by atoms with E-state index in [1.807, 2.05) is 12.1 Å². The average Bonchev–Trinajstić information content (AvgIpc) is 2.33. The molecule has 0 atom stereocenters. The molecule has 100 valence electrons. The molecule has 0 aliphatic rings. The number of nitrogens with one attached hydrogen (secondary N) is 1. The number of anilines is 1. The van der Waals surface area contributed by atoms with Gasteiger partial charge in [-0.25, -0.2) is 0 Å². The summed E-state index contributed by atoms with van der Waals surface area (Å²) >= 11 is 15.8. The molecule has 19 heavy (non-hydrogen) atoms. The first kappa shape index (κ1) is 14.7. The molecule has 1 nitrogen and oxygen atoms in total. The van der Waals surface area contributed by atoms with E-state index in [4.69, 9.17) is 23.2 Å². The molecule has 0 saturated carbocycles. The van der Waals surface area contributed by atoms with Crippen LogP contribution in [0, 0.1) is 13.8 Å². The Morgan fingerprint density at radius 3 is 2.58 bits per heavy atom. The first-order chi connectivity index (χ1) is 8.99. The Hall–Kier alpha value is -0.700. The topological polar surface area (TPSA) is 12.0 Å². The zero-order valence-electron chi connectivity index (χ0n) is 10.7. The lowest BCUT2D eigenvalue weighted by atomic mass is 10.1. The van der Waals surface area contributed by atoms with Crippen LogP contribution in [0.25, 0.3) is 0 Å². The molecular weight excluding hydrogens is 345 g/mol. The van der Waals surface area contributed by atoms with Crippen LogP contribution in [0.2, 0.25) is 10.0 Å². The molecule has 0 aliphatic carbocycles. The van der Waals surface area contributed by atoms with Gasteiger partial charge in [-0.2, -0.15) is 0 Å². The van der Waals surface area contributed by atoms with Crippen molar-refractivity contribution in [3.05, 3.63) is 61.5 Å². The molecule has 0 heterocycles. The van der Waals surface area contributed by atoms with E-state index >= 15 is 0 Å². The highest BCUT2D eigenvalue weighted by molar-refractivity contribution is 9.10. The van der Waals surface area contributed by atoms with E-state index in [9.17, 15) is 0 Å². The van der Waals surface area contributed by atoms with Crippen molar-refractivity contribution in [3.8, 4) is 0 Å². The monoisotopic (exact) mass is 357 g/mol. The van der Waals surface area contributed by atoms with Gasteiger partial charge in [0.15, 0.2) is 0 Å². The second kappa shape index (κ2) is 6.17. The summed E-state index contributed by atoms with van der Waals surface area (Å²) in [5, 5.41) is 4.60. The Morgan fingerprint density at radius 2 is 1.89 bits per heavy atom. The summed E-state index contributed by atoms with van der Waals surface area (Å²) in [6.07, 6.45) is 0. The van der Waals surface area contributed by atoms with Gasteiger partial charge in [-0.05, 0) is 58.6 Å². The molecule has 2 aromatic rings. The zero-order valence-corrected chi connectivity index (χ0v) is 13.8. The molecule has 0 aromatic heterocycles. The Balaban J connectivity index is 2.22. The second-order valence-electron chi connectivity index (χ2n) is 4.51. The third-order valence-corrected chi connectivity index (χ3v) is 4.40. The smallest absolute Gasteiger partial charge is 0.0642 e. The minimum Gasteiger partial charge on any atom is -0.380 e. The van der Waals surface area contributed by atoms with E-state index in [1.165, 1.54) is 11.1 Å². The molecule has 0 radical (unpaired) electrons. The molecule has 1 N–H and O–H groups in total. The van der Waals surface area contributed by atoms with Crippen molar-refractivity contribution in [2.24, 2.45) is 0 Å². The van der Waals surface area contributed by atoms with Crippen molar-refractivity contribution >= 4 is 44.8 Å². The van der Waals surface area contributed by atoms with Crippen LogP contribution in [0.15, 0.2) is 34.8 Å². The van der Waals surface area contributed by atoms with Gasteiger partial charge in [-0.1, -0.05) is 41.4 Å². The number of hydrogen-bond donors (Lipinski definition) is 1. The minimum absolute atomic E-state index is 0.584. The first-order valence-electron chi connectivity index (χ1n) is 5.92. The summed E-state index contributed by atoms with van der Waals surface area (Å²) in [6, 6.07) is 9.91. The Bertz CT molecular complexity index is 588. The summed E-state index contributed by atoms with van der Waals surface area (Å²) in [7, 11) is 0. The Morgan fingerprint density at radius 1 is 1.16 bits per heavy atom. The van der Waals surface area contributed by atoms with Crippen molar-refractivity contribution in [2.75, 3.05) is 5.32 Å². The molecule has 0 fully saturated rings. The normalized spacial score (nSPS) is 10.6. The van der Waals surface area contributed by atoms with Gasteiger partial charge in [0.25, 0.3) is 0 Å². The quantitative estimate of drug-likeness (QED) is 0.710. The van der Waals surface area contributed by atoms with Crippen LogP contribution in [0.1, 0.15) is 16.7 Å². The van der Waals surface area contributed by atoms with Crippen LogP contribution in [0.5, 0.6) is 0 Å². The van der Waals surface area contributed by atoms with Crippen molar-refractivity contribution in [2.45, 2.75) is 20.4 Å². The molecule has 0 bridgehead atoms. The van der Waals surface area contributed by atoms with Gasteiger partial charge in [0.05, 0.1) is 15.7 Å². The minimum atomic E-state index is 0.584. The second-order valence-corrected chi connectivity index (χ2v) is 6.14. The number of aryl methyl sites for hydroxylation is 2. The van der Waals surface area contributed by atoms with Crippen LogP contribution in [0.4, 0.5) is 5.69 Å². The first-order valence-corrected chi connectivity index (χ1v) is 7.47. The van der Waals surface area contributed by atoms with E-state index in [0.29, 0.717) is 16.6 Å². The lowest BCUT2D eigenvalue weighted by Crippen LogP contribution is -2.03. The predicted octanol–water partition coefficient (Wildman–Crippen LogP) is 5.98. The van der Waals surface area contributed by atoms with Gasteiger partial charge in [-0.3, -0.25) is 0 Å². The zero-order chi connectivity index (χ0) is 14.0. The van der Waals surface area contributed by atoms with Gasteiger partial charge in [0, 0.05) is 11.0 Å².